The summed E-state index contributed by atoms with van der Waals surface area (Å²) in [6.45, 7) is 8.87. The number of imidazole rings is 1. The van der Waals surface area contributed by atoms with Crippen LogP contribution in [0.2, 0.25) is 0 Å². The van der Waals surface area contributed by atoms with Crippen LogP contribution in [-0.4, -0.2) is 22.2 Å². The van der Waals surface area contributed by atoms with Crippen molar-refractivity contribution in [1.29, 1.82) is 0 Å². The van der Waals surface area contributed by atoms with Crippen LogP contribution in [0.1, 0.15) is 102 Å². The first-order chi connectivity index (χ1) is 58.5. The molecule has 0 N–H and O–H groups in total. The van der Waals surface area contributed by atoms with Gasteiger partial charge in [0.25, 0.3) is 6.33 Å². The minimum atomic E-state index is -6.55. The molecule has 0 spiro atoms. The molecule has 3 heterocycles. The standard InChI is InChI=1S/C87H72N4OSi/c1-60-49-84(88-58-79(60)62-31-15-9-16-32-62)91-80-44-24-23-43-75(80)76-48-47-70(57-83(76)91)92-69-35-28-34-68(56-69)89-59-90(82-46-26-25-45-81(82)89)85-77(53-64(61-29-13-8-14-30-61)54-78(85)65-50-66(86(2,3)4)55-67(51-65)87(5,6)7)63-33-27-42-74(52-63)93(71-36-17-10-18-37-71,72-38-19-11-20-39-72)73-40-21-12-22-41-73/h8-58H,1-7H3/i1D3,8D,9D,10D,11D,12D,13D,14D,15D,16D,17D,18D,19D,20D,21D,22D,27D,29D,30D,31D,32D,33D,36D,37D,38D,39D,40D,41D,42D,52D. The molecule has 15 aromatic rings. The normalized spacial score (nSPS) is 17.0. The molecule has 0 atom stereocenters. The van der Waals surface area contributed by atoms with Crippen molar-refractivity contribution in [1.82, 2.24) is 14.1 Å². The Morgan fingerprint density at radius 3 is 1.63 bits per heavy atom. The average molecular weight is 1250 g/mol. The van der Waals surface area contributed by atoms with Crippen LogP contribution >= 0.6 is 0 Å². The van der Waals surface area contributed by atoms with Gasteiger partial charge in [-0.05, 0) is 149 Å². The van der Waals surface area contributed by atoms with Gasteiger partial charge in [0.1, 0.15) is 17.3 Å². The Labute approximate surface area is 591 Å². The maximum Gasteiger partial charge on any atom is 0.269 e. The van der Waals surface area contributed by atoms with Crippen LogP contribution < -0.4 is 30.1 Å². The number of benzene rings is 12. The number of pyridine rings is 1. The fourth-order valence-electron chi connectivity index (χ4n) is 11.9. The molecular formula is C87H72N4OSi. The number of fused-ring (bicyclic) bond motifs is 4. The third kappa shape index (κ3) is 10.8. The molecule has 93 heavy (non-hydrogen) atoms. The van der Waals surface area contributed by atoms with Crippen LogP contribution in [-0.2, 0) is 10.8 Å². The van der Waals surface area contributed by atoms with Gasteiger partial charge in [0.15, 0.2) is 8.07 Å². The first-order valence-corrected chi connectivity index (χ1v) is 31.6. The van der Waals surface area contributed by atoms with E-state index in [0.717, 1.165) is 16.5 Å². The van der Waals surface area contributed by atoms with E-state index in [1.54, 1.807) is 88.0 Å². The summed E-state index contributed by atoms with van der Waals surface area (Å²) in [4.78, 5) is 4.73. The molecule has 0 saturated carbocycles. The minimum Gasteiger partial charge on any atom is -0.458 e. The number of aromatic nitrogens is 4. The van der Waals surface area contributed by atoms with E-state index >= 15 is 0 Å². The van der Waals surface area contributed by atoms with Crippen molar-refractivity contribution in [3.63, 3.8) is 0 Å². The second kappa shape index (κ2) is 23.7. The van der Waals surface area contributed by atoms with Gasteiger partial charge in [-0.3, -0.25) is 13.7 Å². The Morgan fingerprint density at radius 1 is 0.452 bits per heavy atom. The van der Waals surface area contributed by atoms with Crippen molar-refractivity contribution in [2.24, 2.45) is 0 Å². The van der Waals surface area contributed by atoms with Gasteiger partial charge in [-0.2, -0.15) is 0 Å². The van der Waals surface area contributed by atoms with Gasteiger partial charge in [0, 0.05) is 32.7 Å². The molecule has 0 amide bonds. The van der Waals surface area contributed by atoms with Crippen molar-refractivity contribution in [2.75, 3.05) is 0 Å². The molecule has 0 aliphatic rings. The van der Waals surface area contributed by atoms with Crippen LogP contribution in [0.3, 0.4) is 0 Å². The lowest BCUT2D eigenvalue weighted by molar-refractivity contribution is -0.571. The van der Waals surface area contributed by atoms with E-state index in [-0.39, 0.29) is 56.3 Å². The summed E-state index contributed by atoms with van der Waals surface area (Å²) in [5.41, 5.74) is -0.355. The largest absolute Gasteiger partial charge is 0.458 e. The highest BCUT2D eigenvalue weighted by Gasteiger charge is 2.41. The third-order valence-corrected chi connectivity index (χ3v) is 20.4. The van der Waals surface area contributed by atoms with E-state index < -0.39 is 238 Å². The number of aryl methyl sites for hydroxylation is 1. The lowest BCUT2D eigenvalue weighted by Crippen LogP contribution is -2.74. The molecule has 0 saturated heterocycles. The maximum absolute atomic E-state index is 11.3. The van der Waals surface area contributed by atoms with E-state index in [0.29, 0.717) is 33.2 Å². The number of nitrogens with zero attached hydrogens (tertiary/aromatic N) is 4. The molecular weight excluding hydrogens is 1150 g/mol. The van der Waals surface area contributed by atoms with Crippen molar-refractivity contribution in [3.05, 3.63) is 332 Å². The average Bonchev–Trinajstić information content (AvgIpc) is 0.978. The lowest BCUT2D eigenvalue weighted by Gasteiger charge is -2.34. The second-order valence-electron chi connectivity index (χ2n) is 24.2. The molecule has 0 aliphatic carbocycles. The zero-order chi connectivity index (χ0) is 91.2. The Kier molecular flexibility index (Phi) is 8.39. The summed E-state index contributed by atoms with van der Waals surface area (Å²) in [7, 11) is -6.55. The number of hydrogen-bond donors (Lipinski definition) is 0. The van der Waals surface area contributed by atoms with E-state index in [4.69, 9.17) is 28.9 Å². The van der Waals surface area contributed by atoms with Crippen LogP contribution in [0.15, 0.2) is 309 Å². The summed E-state index contributed by atoms with van der Waals surface area (Å²) in [5.74, 6) is 0.535. The number of ether oxygens (including phenoxy) is 1. The SMILES string of the molecule is [2H]c1c([2H])c([2H])c(-c2cc(-c3cc(C(C)(C)C)cc(C(C)(C)C)c3)c(-[n+]3[c-]n(-c4cccc(Oc5ccc6c7ccccc7n(-c7cc(C([2H])([2H])[2H])c(-c8c([2H])c([2H])c([2H])c([2H])c8[2H])cn7)c6c5)c4)c4ccccc43)c(-c3c([2H])c([2H])c([2H])c([Si](c4c([2H])c([2H])c([2H])c([2H])c4[2H])(c4c([2H])c([2H])c([2H])c([2H])c4[2H])c4c([2H])c([2H])c([2H])c([2H])c4[2H])c3[2H])c2)c([2H])c1[2H]. The Morgan fingerprint density at radius 2 is 1.00 bits per heavy atom. The zero-order valence-corrected chi connectivity index (χ0v) is 51.9. The van der Waals surface area contributed by atoms with E-state index in [1.165, 1.54) is 29.0 Å². The van der Waals surface area contributed by atoms with Crippen LogP contribution in [0.5, 0.6) is 11.5 Å². The zero-order valence-electron chi connectivity index (χ0n) is 82.9. The van der Waals surface area contributed by atoms with E-state index in [1.807, 2.05) is 71.9 Å². The molecule has 0 bridgehead atoms. The molecule has 0 aliphatic heterocycles. The topological polar surface area (TPSA) is 35.9 Å². The van der Waals surface area contributed by atoms with Crippen molar-refractivity contribution >= 4 is 61.7 Å². The quantitative estimate of drug-likeness (QED) is 0.0499. The van der Waals surface area contributed by atoms with Crippen molar-refractivity contribution < 1.29 is 53.2 Å². The van der Waals surface area contributed by atoms with Gasteiger partial charge in [-0.25, -0.2) is 4.98 Å². The summed E-state index contributed by atoms with van der Waals surface area (Å²) >= 11 is 0. The summed E-state index contributed by atoms with van der Waals surface area (Å²) in [6, 6.07) is 6.29. The summed E-state index contributed by atoms with van der Waals surface area (Å²) in [6.07, 6.45) is 4.69. The van der Waals surface area contributed by atoms with Crippen LogP contribution in [0, 0.1) is 13.2 Å². The highest BCUT2D eigenvalue weighted by Crippen LogP contribution is 2.43. The highest BCUT2D eigenvalue weighted by molar-refractivity contribution is 7.19. The highest BCUT2D eigenvalue weighted by atomic mass is 28.3. The molecule has 12 aromatic carbocycles. The Bertz CT molecular complexity index is 6880. The van der Waals surface area contributed by atoms with Gasteiger partial charge in [-0.15, -0.1) is 0 Å². The minimum absolute atomic E-state index is 0.0805. The van der Waals surface area contributed by atoms with Crippen LogP contribution in [0.25, 0.3) is 94.5 Å². The van der Waals surface area contributed by atoms with Gasteiger partial charge in [0.2, 0.25) is 0 Å². The van der Waals surface area contributed by atoms with Gasteiger partial charge in [0.05, 0.1) is 73.2 Å². The van der Waals surface area contributed by atoms with Gasteiger partial charge >= 0.3 is 0 Å². The number of rotatable bonds is 13. The van der Waals surface area contributed by atoms with E-state index in [9.17, 15) is 24.7 Å². The monoisotopic (exact) mass is 1250 g/mol. The second-order valence-corrected chi connectivity index (χ2v) is 27.7. The molecule has 450 valence electrons. The van der Waals surface area contributed by atoms with Crippen molar-refractivity contribution in [3.8, 4) is 73.2 Å². The van der Waals surface area contributed by atoms with Gasteiger partial charge in [-0.1, -0.05) is 284 Å². The molecule has 0 unspecified atom stereocenters. The molecule has 5 nitrogen and oxygen atoms in total. The first-order valence-electron chi connectivity index (χ1n) is 45.6. The molecule has 3 aromatic heterocycles. The lowest BCUT2D eigenvalue weighted by atomic mass is 9.78. The summed E-state index contributed by atoms with van der Waals surface area (Å²) in [5, 5.41) is -3.00. The fourth-order valence-corrected chi connectivity index (χ4v) is 15.4. The smallest absolute Gasteiger partial charge is 0.269 e. The molecule has 15 rings (SSSR count). The van der Waals surface area contributed by atoms with Crippen molar-refractivity contribution in [2.45, 2.75) is 59.2 Å². The number of hydrogen-bond acceptors (Lipinski definition) is 2. The Hall–Kier alpha value is -10.9. The van der Waals surface area contributed by atoms with Gasteiger partial charge < -0.3 is 4.74 Å². The predicted molar refractivity (Wildman–Crippen MR) is 390 cm³/mol. The first kappa shape index (κ1) is 32.9. The molecule has 0 radical (unpaired) electrons. The van der Waals surface area contributed by atoms with E-state index in [2.05, 4.69) is 6.33 Å². The molecule has 0 fully saturated rings. The maximum atomic E-state index is 11.3. The summed E-state index contributed by atoms with van der Waals surface area (Å²) < 4.78 is 312. The fraction of sp³-hybridized carbons (Fsp3) is 0.103. The van der Waals surface area contributed by atoms with Crippen LogP contribution in [0.4, 0.5) is 0 Å². The Balaban J connectivity index is 1.06. The molecule has 6 heteroatoms. The number of para-hydroxylation sites is 3. The predicted octanol–water partition coefficient (Wildman–Crippen LogP) is 18.9. The third-order valence-electron chi connectivity index (χ3n) is 16.4.